The average molecular weight is 272 g/mol. The summed E-state index contributed by atoms with van der Waals surface area (Å²) in [4.78, 5) is 2.66. The van der Waals surface area contributed by atoms with Gasteiger partial charge in [0.2, 0.25) is 0 Å². The molecule has 0 bridgehead atoms. The van der Waals surface area contributed by atoms with Gasteiger partial charge in [-0.1, -0.05) is 31.5 Å². The second kappa shape index (κ2) is 6.17. The van der Waals surface area contributed by atoms with E-state index in [-0.39, 0.29) is 0 Å². The van der Waals surface area contributed by atoms with Gasteiger partial charge in [0, 0.05) is 24.3 Å². The smallest absolute Gasteiger partial charge is 0.0399 e. The third kappa shape index (κ3) is 2.85. The van der Waals surface area contributed by atoms with Crippen LogP contribution in [0.2, 0.25) is 0 Å². The van der Waals surface area contributed by atoms with Crippen molar-refractivity contribution in [2.75, 3.05) is 24.5 Å². The van der Waals surface area contributed by atoms with Gasteiger partial charge >= 0.3 is 0 Å². The Bertz CT molecular complexity index is 435. The zero-order chi connectivity index (χ0) is 13.8. The van der Waals surface area contributed by atoms with Gasteiger partial charge in [-0.25, -0.2) is 0 Å². The van der Waals surface area contributed by atoms with Crippen LogP contribution in [-0.2, 0) is 6.42 Å². The maximum Gasteiger partial charge on any atom is 0.0399 e. The predicted octanol–water partition coefficient (Wildman–Crippen LogP) is 3.75. The van der Waals surface area contributed by atoms with Crippen molar-refractivity contribution in [3.8, 4) is 0 Å². The highest BCUT2D eigenvalue weighted by molar-refractivity contribution is 5.54. The average Bonchev–Trinajstić information content (AvgIpc) is 2.82. The molecule has 1 unspecified atom stereocenters. The van der Waals surface area contributed by atoms with Gasteiger partial charge < -0.3 is 10.2 Å². The van der Waals surface area contributed by atoms with E-state index in [1.807, 2.05) is 0 Å². The van der Waals surface area contributed by atoms with Crippen molar-refractivity contribution in [1.29, 1.82) is 0 Å². The van der Waals surface area contributed by atoms with Gasteiger partial charge in [0.25, 0.3) is 0 Å². The number of anilines is 1. The molecule has 110 valence electrons. The molecule has 2 heterocycles. The highest BCUT2D eigenvalue weighted by atomic mass is 15.2. The fourth-order valence-corrected chi connectivity index (χ4v) is 4.07. The van der Waals surface area contributed by atoms with Crippen molar-refractivity contribution >= 4 is 5.69 Å². The zero-order valence-electron chi connectivity index (χ0n) is 12.8. The lowest BCUT2D eigenvalue weighted by Crippen LogP contribution is -2.50. The van der Waals surface area contributed by atoms with Crippen LogP contribution in [0.25, 0.3) is 0 Å². The van der Waals surface area contributed by atoms with Crippen LogP contribution < -0.4 is 10.2 Å². The summed E-state index contributed by atoms with van der Waals surface area (Å²) < 4.78 is 0. The van der Waals surface area contributed by atoms with Gasteiger partial charge in [0.05, 0.1) is 0 Å². The summed E-state index contributed by atoms with van der Waals surface area (Å²) in [7, 11) is 0. The van der Waals surface area contributed by atoms with Crippen molar-refractivity contribution in [3.05, 3.63) is 29.8 Å². The fourth-order valence-electron chi connectivity index (χ4n) is 4.07. The summed E-state index contributed by atoms with van der Waals surface area (Å²) >= 11 is 0. The minimum absolute atomic E-state index is 0.367. The molecule has 3 rings (SSSR count). The molecule has 2 heteroatoms. The zero-order valence-corrected chi connectivity index (χ0v) is 12.8. The highest BCUT2D eigenvalue weighted by Crippen LogP contribution is 2.31. The molecule has 1 saturated heterocycles. The first-order valence-corrected chi connectivity index (χ1v) is 8.41. The molecular formula is C18H28N2. The van der Waals surface area contributed by atoms with Crippen LogP contribution in [0, 0.1) is 0 Å². The number of fused-ring (bicyclic) bond motifs is 1. The van der Waals surface area contributed by atoms with Gasteiger partial charge in [-0.05, 0) is 56.7 Å². The predicted molar refractivity (Wildman–Crippen MR) is 86.5 cm³/mol. The van der Waals surface area contributed by atoms with Crippen LogP contribution in [0.3, 0.4) is 0 Å². The molecule has 0 spiro atoms. The van der Waals surface area contributed by atoms with Crippen LogP contribution >= 0.6 is 0 Å². The van der Waals surface area contributed by atoms with E-state index in [1.165, 1.54) is 70.3 Å². The highest BCUT2D eigenvalue weighted by Gasteiger charge is 2.34. The second-order valence-corrected chi connectivity index (χ2v) is 6.57. The first-order valence-electron chi connectivity index (χ1n) is 8.41. The van der Waals surface area contributed by atoms with E-state index in [4.69, 9.17) is 0 Å². The third-order valence-electron chi connectivity index (χ3n) is 5.01. The monoisotopic (exact) mass is 272 g/mol. The normalized spacial score (nSPS) is 26.4. The number of hydrogen-bond acceptors (Lipinski definition) is 2. The maximum atomic E-state index is 3.83. The Morgan fingerprint density at radius 2 is 2.10 bits per heavy atom. The van der Waals surface area contributed by atoms with E-state index >= 15 is 0 Å². The van der Waals surface area contributed by atoms with Crippen LogP contribution in [0.1, 0.15) is 51.0 Å². The Kier molecular flexibility index (Phi) is 4.30. The quantitative estimate of drug-likeness (QED) is 0.898. The Morgan fingerprint density at radius 3 is 2.90 bits per heavy atom. The van der Waals surface area contributed by atoms with E-state index in [0.29, 0.717) is 5.54 Å². The van der Waals surface area contributed by atoms with Crippen molar-refractivity contribution in [2.24, 2.45) is 0 Å². The molecule has 1 aromatic rings. The number of rotatable bonds is 4. The van der Waals surface area contributed by atoms with Crippen LogP contribution in [-0.4, -0.2) is 25.2 Å². The summed E-state index contributed by atoms with van der Waals surface area (Å²) in [6.45, 7) is 5.94. The minimum atomic E-state index is 0.367. The molecule has 2 aliphatic rings. The Morgan fingerprint density at radius 1 is 1.20 bits per heavy atom. The molecule has 1 N–H and O–H groups in total. The first-order chi connectivity index (χ1) is 9.83. The van der Waals surface area contributed by atoms with E-state index in [0.717, 1.165) is 0 Å². The Balaban J connectivity index is 1.82. The first kappa shape index (κ1) is 13.9. The van der Waals surface area contributed by atoms with Crippen molar-refractivity contribution in [1.82, 2.24) is 5.32 Å². The SMILES string of the molecule is CCCC1(CN2CCCCc3ccccc32)CCCN1. The third-order valence-corrected chi connectivity index (χ3v) is 5.01. The molecular weight excluding hydrogens is 244 g/mol. The molecule has 0 aliphatic carbocycles. The number of para-hydroxylation sites is 1. The molecule has 2 nitrogen and oxygen atoms in total. The van der Waals surface area contributed by atoms with E-state index in [1.54, 1.807) is 5.56 Å². The molecule has 1 fully saturated rings. The molecule has 1 atom stereocenters. The summed E-state index contributed by atoms with van der Waals surface area (Å²) in [6.07, 6.45) is 9.20. The van der Waals surface area contributed by atoms with Crippen LogP contribution in [0.4, 0.5) is 5.69 Å². The van der Waals surface area contributed by atoms with Gasteiger partial charge in [-0.2, -0.15) is 0 Å². The van der Waals surface area contributed by atoms with E-state index < -0.39 is 0 Å². The van der Waals surface area contributed by atoms with Crippen LogP contribution in [0.15, 0.2) is 24.3 Å². The maximum absolute atomic E-state index is 3.83. The van der Waals surface area contributed by atoms with Gasteiger partial charge in [0.15, 0.2) is 0 Å². The Hall–Kier alpha value is -1.02. The van der Waals surface area contributed by atoms with Crippen molar-refractivity contribution in [3.63, 3.8) is 0 Å². The summed E-state index contributed by atoms with van der Waals surface area (Å²) in [5, 5.41) is 3.83. The summed E-state index contributed by atoms with van der Waals surface area (Å²) in [6, 6.07) is 9.04. The minimum Gasteiger partial charge on any atom is -0.369 e. The van der Waals surface area contributed by atoms with Gasteiger partial charge in [-0.3, -0.25) is 0 Å². The number of hydrogen-bond donors (Lipinski definition) is 1. The van der Waals surface area contributed by atoms with Crippen LogP contribution in [0.5, 0.6) is 0 Å². The molecule has 0 aromatic heterocycles. The lowest BCUT2D eigenvalue weighted by atomic mass is 9.91. The standard InChI is InChI=1S/C18H28N2/c1-2-11-18(12-7-13-19-18)15-20-14-6-5-9-16-8-3-4-10-17(16)20/h3-4,8,10,19H,2,5-7,9,11-15H2,1H3. The summed E-state index contributed by atoms with van der Waals surface area (Å²) in [5.41, 5.74) is 3.41. The molecule has 0 saturated carbocycles. The molecule has 2 aliphatic heterocycles. The molecule has 20 heavy (non-hydrogen) atoms. The number of benzene rings is 1. The topological polar surface area (TPSA) is 15.3 Å². The number of nitrogens with zero attached hydrogens (tertiary/aromatic N) is 1. The lowest BCUT2D eigenvalue weighted by molar-refractivity contribution is 0.344. The van der Waals surface area contributed by atoms with E-state index in [2.05, 4.69) is 41.4 Å². The number of aryl methyl sites for hydroxylation is 1. The number of nitrogens with one attached hydrogen (secondary N) is 1. The largest absolute Gasteiger partial charge is 0.369 e. The van der Waals surface area contributed by atoms with Crippen molar-refractivity contribution in [2.45, 2.75) is 57.4 Å². The second-order valence-electron chi connectivity index (χ2n) is 6.57. The van der Waals surface area contributed by atoms with Crippen molar-refractivity contribution < 1.29 is 0 Å². The molecule has 0 radical (unpaired) electrons. The Labute approximate surface area is 123 Å². The van der Waals surface area contributed by atoms with Gasteiger partial charge in [0.1, 0.15) is 0 Å². The van der Waals surface area contributed by atoms with Gasteiger partial charge in [-0.15, -0.1) is 0 Å². The molecule has 0 amide bonds. The molecule has 1 aromatic carbocycles. The lowest BCUT2D eigenvalue weighted by Gasteiger charge is -2.37. The van der Waals surface area contributed by atoms with E-state index in [9.17, 15) is 0 Å². The fraction of sp³-hybridized carbons (Fsp3) is 0.667. The summed E-state index contributed by atoms with van der Waals surface area (Å²) in [5.74, 6) is 0.